The van der Waals surface area contributed by atoms with E-state index >= 15 is 0 Å². The molecule has 0 aliphatic carbocycles. The van der Waals surface area contributed by atoms with Crippen molar-refractivity contribution in [1.29, 1.82) is 0 Å². The van der Waals surface area contributed by atoms with Crippen LogP contribution in [0, 0.1) is 5.92 Å². The number of nitrogens with one attached hydrogen (secondary N) is 2. The first-order chi connectivity index (χ1) is 28.0. The highest BCUT2D eigenvalue weighted by Crippen LogP contribution is 2.35. The maximum Gasteiger partial charge on any atom is 0.315 e. The average Bonchev–Trinajstić information content (AvgIpc) is 3.18. The molecule has 0 aromatic heterocycles. The molecule has 0 saturated carbocycles. The fraction of sp³-hybridized carbons (Fsp3) is 0.683. The highest BCUT2D eigenvalue weighted by molar-refractivity contribution is 5.80. The number of hydrogen-bond acceptors (Lipinski definition) is 16. The summed E-state index contributed by atoms with van der Waals surface area (Å²) in [5, 5.41) is 81.3. The molecule has 0 aromatic carbocycles. The number of amides is 2. The first-order valence-corrected chi connectivity index (χ1v) is 20.4. The minimum absolute atomic E-state index is 0.0331. The predicted molar refractivity (Wildman–Crippen MR) is 215 cm³/mol. The van der Waals surface area contributed by atoms with Crippen LogP contribution >= 0.6 is 0 Å². The lowest BCUT2D eigenvalue weighted by molar-refractivity contribution is -0.300. The number of ketones is 1. The third-order valence-corrected chi connectivity index (χ3v) is 10.5. The normalized spacial score (nSPS) is 39.6. The van der Waals surface area contributed by atoms with Crippen molar-refractivity contribution >= 4 is 17.8 Å². The van der Waals surface area contributed by atoms with Gasteiger partial charge in [-0.2, -0.15) is 0 Å². The third kappa shape index (κ3) is 17.3. The van der Waals surface area contributed by atoms with Gasteiger partial charge in [0.25, 0.3) is 0 Å². The number of allylic oxidation sites excluding steroid dienone is 8. The Labute approximate surface area is 345 Å². The maximum atomic E-state index is 12.8. The van der Waals surface area contributed by atoms with Gasteiger partial charge in [0.1, 0.15) is 18.0 Å². The van der Waals surface area contributed by atoms with Gasteiger partial charge >= 0.3 is 12.0 Å². The number of carbonyl (C=O) groups is 3. The third-order valence-electron chi connectivity index (χ3n) is 10.5. The zero-order valence-corrected chi connectivity index (χ0v) is 33.9. The van der Waals surface area contributed by atoms with Crippen molar-refractivity contribution in [3.63, 3.8) is 0 Å². The van der Waals surface area contributed by atoms with E-state index in [1.807, 2.05) is 26.0 Å². The summed E-state index contributed by atoms with van der Waals surface area (Å²) in [6.45, 7) is 3.95. The monoisotopic (exact) mass is 838 g/mol. The summed E-state index contributed by atoms with van der Waals surface area (Å²) in [6, 6.07) is -2.93. The minimum Gasteiger partial charge on any atom is -0.462 e. The number of hydrogen-bond donors (Lipinski definition) is 11. The van der Waals surface area contributed by atoms with Crippen LogP contribution < -0.4 is 22.1 Å². The fourth-order valence-electron chi connectivity index (χ4n) is 6.85. The summed E-state index contributed by atoms with van der Waals surface area (Å²) in [6.07, 6.45) is 3.47. The van der Waals surface area contributed by atoms with Crippen molar-refractivity contribution in [3.05, 3.63) is 60.8 Å². The second-order valence-corrected chi connectivity index (χ2v) is 15.4. The van der Waals surface area contributed by atoms with Crippen LogP contribution in [0.25, 0.3) is 0 Å². The Morgan fingerprint density at radius 1 is 0.949 bits per heavy atom. The number of aliphatic hydroxyl groups is 7. The van der Waals surface area contributed by atoms with Gasteiger partial charge in [-0.25, -0.2) is 4.79 Å². The molecule has 0 aromatic rings. The highest BCUT2D eigenvalue weighted by atomic mass is 16.7. The number of nitrogens with two attached hydrogens (primary N) is 2. The zero-order valence-electron chi connectivity index (χ0n) is 33.9. The van der Waals surface area contributed by atoms with E-state index in [1.54, 1.807) is 48.6 Å². The smallest absolute Gasteiger partial charge is 0.315 e. The van der Waals surface area contributed by atoms with E-state index in [0.29, 0.717) is 6.42 Å². The molecule has 3 heterocycles. The van der Waals surface area contributed by atoms with Crippen LogP contribution in [-0.2, 0) is 28.5 Å². The Morgan fingerprint density at radius 3 is 2.29 bits per heavy atom. The highest BCUT2D eigenvalue weighted by Gasteiger charge is 2.49. The Hall–Kier alpha value is -3.37. The van der Waals surface area contributed by atoms with Gasteiger partial charge in [-0.1, -0.05) is 81.0 Å². The number of aliphatic hydroxyl groups excluding tert-OH is 6. The second kappa shape index (κ2) is 25.4. The molecule has 2 bridgehead atoms. The van der Waals surface area contributed by atoms with Crippen LogP contribution in [0.3, 0.4) is 0 Å². The molecular formula is C41H66N4O14. The van der Waals surface area contributed by atoms with Crippen molar-refractivity contribution < 1.29 is 69.1 Å². The van der Waals surface area contributed by atoms with Crippen LogP contribution in [0.1, 0.15) is 71.6 Å². The molecule has 0 radical (unpaired) electrons. The number of carbonyl (C=O) groups excluding carboxylic acids is 3. The van der Waals surface area contributed by atoms with Gasteiger partial charge in [-0.05, 0) is 12.3 Å². The number of cyclic esters (lactones) is 1. The molecule has 334 valence electrons. The molecule has 0 spiro atoms. The van der Waals surface area contributed by atoms with Gasteiger partial charge in [-0.15, -0.1) is 0 Å². The van der Waals surface area contributed by atoms with Gasteiger partial charge in [0, 0.05) is 51.6 Å². The van der Waals surface area contributed by atoms with Crippen LogP contribution in [0.5, 0.6) is 0 Å². The van der Waals surface area contributed by atoms with E-state index in [4.69, 9.17) is 30.4 Å². The van der Waals surface area contributed by atoms with Crippen LogP contribution in [0.4, 0.5) is 4.79 Å². The standard InChI is InChI=1S/C41H66N4O14/c1-3-25(2)33-14-12-10-8-6-4-5-7-9-11-13-28(57-39-38(53)36(43)32(51)24-56-39)21-34-37(45-40(54)44-18-17-42)31(50)23-41(55,59-34)22-30(49)29(48)16-15-26(46)19-27(47)20-35(52)58-33/h4-13,25,27-34,36-39,47-51,53,55H,3,14-24,42-43H2,1-2H3,(H2,44,45,54)/b5-4+,8-6+,9-7+,12-10+,13-11+/t25?,27?,28?,29?,30?,31?,32-,33?,34?,36+,37?,38+,39+,41?/m1/s1. The lowest BCUT2D eigenvalue weighted by atomic mass is 9.87. The molecule has 2 amide bonds. The van der Waals surface area contributed by atoms with Crippen molar-refractivity contribution in [3.8, 4) is 0 Å². The van der Waals surface area contributed by atoms with Gasteiger partial charge in [0.05, 0.1) is 67.8 Å². The Kier molecular flexibility index (Phi) is 21.5. The molecule has 59 heavy (non-hydrogen) atoms. The van der Waals surface area contributed by atoms with Crippen LogP contribution in [0.15, 0.2) is 60.8 Å². The maximum absolute atomic E-state index is 12.8. The molecule has 2 saturated heterocycles. The Balaban J connectivity index is 1.93. The summed E-state index contributed by atoms with van der Waals surface area (Å²) in [7, 11) is 0. The number of ether oxygens (including phenoxy) is 4. The second-order valence-electron chi connectivity index (χ2n) is 15.4. The lowest BCUT2D eigenvalue weighted by Gasteiger charge is -2.46. The van der Waals surface area contributed by atoms with Crippen molar-refractivity contribution in [2.75, 3.05) is 19.7 Å². The van der Waals surface area contributed by atoms with Gasteiger partial charge < -0.3 is 76.8 Å². The summed E-state index contributed by atoms with van der Waals surface area (Å²) >= 11 is 0. The van der Waals surface area contributed by atoms with Crippen molar-refractivity contribution in [1.82, 2.24) is 10.6 Å². The molecule has 14 atom stereocenters. The van der Waals surface area contributed by atoms with Gasteiger partial charge in [0.15, 0.2) is 12.1 Å². The molecule has 3 rings (SSSR count). The molecule has 13 N–H and O–H groups in total. The predicted octanol–water partition coefficient (Wildman–Crippen LogP) is -0.623. The summed E-state index contributed by atoms with van der Waals surface area (Å²) in [4.78, 5) is 38.2. The molecule has 10 unspecified atom stereocenters. The summed E-state index contributed by atoms with van der Waals surface area (Å²) in [5.41, 5.74) is 11.5. The summed E-state index contributed by atoms with van der Waals surface area (Å²) in [5.74, 6) is -3.36. The van der Waals surface area contributed by atoms with Crippen molar-refractivity contribution in [2.45, 2.75) is 151 Å². The van der Waals surface area contributed by atoms with E-state index in [-0.39, 0.29) is 51.3 Å². The quantitative estimate of drug-likeness (QED) is 0.142. The van der Waals surface area contributed by atoms with Crippen LogP contribution in [-0.4, -0.2) is 152 Å². The van der Waals surface area contributed by atoms with E-state index in [2.05, 4.69) is 10.6 Å². The lowest BCUT2D eigenvalue weighted by Crippen LogP contribution is -2.63. The largest absolute Gasteiger partial charge is 0.462 e. The number of rotatable bonds is 7. The van der Waals surface area contributed by atoms with Gasteiger partial charge in [0.2, 0.25) is 0 Å². The Bertz CT molecular complexity index is 1460. The fourth-order valence-corrected chi connectivity index (χ4v) is 6.85. The minimum atomic E-state index is -2.26. The number of fused-ring (bicyclic) bond motifs is 2. The van der Waals surface area contributed by atoms with E-state index in [9.17, 15) is 50.1 Å². The number of urea groups is 1. The first-order valence-electron chi connectivity index (χ1n) is 20.4. The first kappa shape index (κ1) is 50.0. The topological polar surface area (TPSA) is 306 Å². The van der Waals surface area contributed by atoms with E-state index < -0.39 is 116 Å². The van der Waals surface area contributed by atoms with E-state index in [0.717, 1.165) is 6.42 Å². The van der Waals surface area contributed by atoms with Gasteiger partial charge in [-0.3, -0.25) is 9.59 Å². The average molecular weight is 839 g/mol. The zero-order chi connectivity index (χ0) is 43.5. The molecular weight excluding hydrogens is 772 g/mol. The number of Topliss-reactive ketones (excluding diaryl/α,β-unsaturated/α-hetero) is 1. The Morgan fingerprint density at radius 2 is 1.61 bits per heavy atom. The molecule has 3 aliphatic heterocycles. The van der Waals surface area contributed by atoms with Crippen molar-refractivity contribution in [2.24, 2.45) is 17.4 Å². The number of esters is 1. The molecule has 18 nitrogen and oxygen atoms in total. The SMILES string of the molecule is CCC(C)C1C/C=C/C=C/C=C/C=C/C=C/C(O[C@@H]2OC[C@@H](O)[C@H](N)[C@@H]2O)CC2OC(O)(CC(O)C(O)CCC(=O)CC(O)CC(=O)O1)CC(O)C2NC(=O)NCCN. The molecule has 2 fully saturated rings. The summed E-state index contributed by atoms with van der Waals surface area (Å²) < 4.78 is 23.4. The van der Waals surface area contributed by atoms with E-state index in [1.165, 1.54) is 0 Å². The van der Waals surface area contributed by atoms with Crippen LogP contribution in [0.2, 0.25) is 0 Å². The molecule has 3 aliphatic rings. The molecule has 18 heteroatoms.